The van der Waals surface area contributed by atoms with Crippen molar-refractivity contribution in [3.63, 3.8) is 0 Å². The number of carbonyl (C=O) groups excluding carboxylic acids is 1. The molecule has 0 bridgehead atoms. The second-order valence-electron chi connectivity index (χ2n) is 13.1. The maximum Gasteiger partial charge on any atom is 0.306 e. The monoisotopic (exact) mass is 566 g/mol. The van der Waals surface area contributed by atoms with Crippen LogP contribution in [0.2, 0.25) is 0 Å². The lowest BCUT2D eigenvalue weighted by molar-refractivity contribution is -0.150. The molecule has 5 nitrogen and oxygen atoms in total. The van der Waals surface area contributed by atoms with Crippen LogP contribution < -0.4 is 0 Å². The first kappa shape index (κ1) is 36.9. The van der Waals surface area contributed by atoms with Crippen molar-refractivity contribution in [2.24, 2.45) is 11.8 Å². The number of ether oxygens (including phenoxy) is 1. The zero-order valence-electron chi connectivity index (χ0n) is 26.9. The molecule has 0 radical (unpaired) electrons. The average molecular weight is 566 g/mol. The van der Waals surface area contributed by atoms with Crippen molar-refractivity contribution >= 4 is 11.9 Å². The number of esters is 1. The second-order valence-corrected chi connectivity index (χ2v) is 13.1. The van der Waals surface area contributed by atoms with Crippen LogP contribution in [0, 0.1) is 11.8 Å². The Kier molecular flexibility index (Phi) is 23.6. The fourth-order valence-corrected chi connectivity index (χ4v) is 6.09. The summed E-state index contributed by atoms with van der Waals surface area (Å²) >= 11 is 0. The Balaban J connectivity index is 2.03. The van der Waals surface area contributed by atoms with E-state index in [-0.39, 0.29) is 12.1 Å². The van der Waals surface area contributed by atoms with E-state index < -0.39 is 5.97 Å². The summed E-state index contributed by atoms with van der Waals surface area (Å²) in [4.78, 5) is 25.1. The van der Waals surface area contributed by atoms with E-state index in [1.54, 1.807) is 0 Å². The summed E-state index contributed by atoms with van der Waals surface area (Å²) in [6.45, 7) is 3.21. The molecule has 1 rings (SSSR count). The molecular formula is C35H67NO4. The second kappa shape index (κ2) is 25.6. The van der Waals surface area contributed by atoms with Crippen LogP contribution in [0.5, 0.6) is 0 Å². The summed E-state index contributed by atoms with van der Waals surface area (Å²) in [5, 5.41) is 8.71. The lowest BCUT2D eigenvalue weighted by Gasteiger charge is -2.18. The molecule has 1 aliphatic carbocycles. The fourth-order valence-electron chi connectivity index (χ4n) is 6.09. The molecule has 0 aromatic heterocycles. The van der Waals surface area contributed by atoms with E-state index >= 15 is 0 Å². The zero-order chi connectivity index (χ0) is 29.3. The number of unbranched alkanes of at least 4 members (excludes halogenated alkanes) is 15. The highest BCUT2D eigenvalue weighted by Crippen LogP contribution is 2.45. The van der Waals surface area contributed by atoms with Crippen LogP contribution in [0.15, 0.2) is 0 Å². The third-order valence-electron chi connectivity index (χ3n) is 8.80. The van der Waals surface area contributed by atoms with Crippen molar-refractivity contribution in [3.05, 3.63) is 0 Å². The molecule has 3 atom stereocenters. The minimum atomic E-state index is -0.656. The summed E-state index contributed by atoms with van der Waals surface area (Å²) in [5.41, 5.74) is 0. The van der Waals surface area contributed by atoms with Gasteiger partial charge in [-0.3, -0.25) is 9.59 Å². The van der Waals surface area contributed by atoms with Gasteiger partial charge in [-0.05, 0) is 77.4 Å². The van der Waals surface area contributed by atoms with Gasteiger partial charge in [-0.15, -0.1) is 0 Å². The SMILES string of the molecule is CCCCCCCCCC(CCCCCCCCCCC1CC1CCCCCC(=O)O)OC(=O)CCCN(C)C. The van der Waals surface area contributed by atoms with E-state index in [1.807, 2.05) is 0 Å². The highest BCUT2D eigenvalue weighted by atomic mass is 16.5. The number of carbonyl (C=O) groups is 2. The smallest absolute Gasteiger partial charge is 0.306 e. The summed E-state index contributed by atoms with van der Waals surface area (Å²) in [7, 11) is 4.10. The van der Waals surface area contributed by atoms with Gasteiger partial charge in [0.05, 0.1) is 0 Å². The molecule has 1 fully saturated rings. The van der Waals surface area contributed by atoms with Crippen LogP contribution in [0.1, 0.15) is 174 Å². The normalized spacial score (nSPS) is 17.3. The lowest BCUT2D eigenvalue weighted by atomic mass is 10.0. The zero-order valence-corrected chi connectivity index (χ0v) is 26.9. The van der Waals surface area contributed by atoms with Gasteiger partial charge in [-0.1, -0.05) is 116 Å². The van der Waals surface area contributed by atoms with Gasteiger partial charge in [0.15, 0.2) is 0 Å². The largest absolute Gasteiger partial charge is 0.481 e. The topological polar surface area (TPSA) is 66.8 Å². The molecule has 0 saturated heterocycles. The Bertz CT molecular complexity index is 608. The van der Waals surface area contributed by atoms with Crippen LogP contribution in [-0.4, -0.2) is 48.7 Å². The first-order chi connectivity index (χ1) is 19.4. The summed E-state index contributed by atoms with van der Waals surface area (Å²) in [5.74, 6) is 1.26. The Morgan fingerprint density at radius 1 is 0.675 bits per heavy atom. The molecular weight excluding hydrogens is 498 g/mol. The van der Waals surface area contributed by atoms with E-state index in [0.29, 0.717) is 12.8 Å². The van der Waals surface area contributed by atoms with E-state index in [9.17, 15) is 9.59 Å². The summed E-state index contributed by atoms with van der Waals surface area (Å²) in [6, 6.07) is 0. The minimum Gasteiger partial charge on any atom is -0.481 e. The van der Waals surface area contributed by atoms with Crippen LogP contribution in [0.25, 0.3) is 0 Å². The molecule has 0 amide bonds. The summed E-state index contributed by atoms with van der Waals surface area (Å²) in [6.07, 6.45) is 31.0. The van der Waals surface area contributed by atoms with Crippen LogP contribution in [0.4, 0.5) is 0 Å². The number of carboxylic acid groups (broad SMARTS) is 1. The quantitative estimate of drug-likeness (QED) is 0.0693. The van der Waals surface area contributed by atoms with Gasteiger partial charge < -0.3 is 14.7 Å². The standard InChI is InChI=1S/C35H67NO4/c1-4-5-6-7-10-14-19-25-33(40-35(39)28-22-29-36(2)3)26-20-15-12-9-8-11-13-17-23-31-30-32(31)24-18-16-21-27-34(37)38/h31-33H,4-30H2,1-3H3,(H,37,38). The van der Waals surface area contributed by atoms with E-state index in [0.717, 1.165) is 50.5 Å². The first-order valence-corrected chi connectivity index (χ1v) is 17.5. The molecule has 236 valence electrons. The van der Waals surface area contributed by atoms with Gasteiger partial charge in [0.2, 0.25) is 0 Å². The van der Waals surface area contributed by atoms with Crippen molar-refractivity contribution in [3.8, 4) is 0 Å². The van der Waals surface area contributed by atoms with Gasteiger partial charge in [0, 0.05) is 12.8 Å². The van der Waals surface area contributed by atoms with Crippen LogP contribution in [0.3, 0.4) is 0 Å². The number of hydrogen-bond donors (Lipinski definition) is 1. The van der Waals surface area contributed by atoms with Crippen molar-refractivity contribution in [1.82, 2.24) is 4.90 Å². The first-order valence-electron chi connectivity index (χ1n) is 17.5. The highest BCUT2D eigenvalue weighted by molar-refractivity contribution is 5.69. The molecule has 3 unspecified atom stereocenters. The molecule has 40 heavy (non-hydrogen) atoms. The number of hydrogen-bond acceptors (Lipinski definition) is 4. The molecule has 0 aromatic rings. The number of carboxylic acids is 1. The molecule has 0 heterocycles. The number of rotatable bonds is 30. The predicted molar refractivity (Wildman–Crippen MR) is 169 cm³/mol. The fraction of sp³-hybridized carbons (Fsp3) is 0.943. The molecule has 1 aliphatic rings. The van der Waals surface area contributed by atoms with Gasteiger partial charge in [-0.25, -0.2) is 0 Å². The van der Waals surface area contributed by atoms with Gasteiger partial charge in [-0.2, -0.15) is 0 Å². The Labute approximate surface area is 248 Å². The van der Waals surface area contributed by atoms with Crippen LogP contribution in [-0.2, 0) is 14.3 Å². The molecule has 0 aromatic carbocycles. The van der Waals surface area contributed by atoms with Gasteiger partial charge in [0.1, 0.15) is 6.10 Å². The minimum absolute atomic E-state index is 0.00283. The van der Waals surface area contributed by atoms with Gasteiger partial charge in [0.25, 0.3) is 0 Å². The Morgan fingerprint density at radius 2 is 1.15 bits per heavy atom. The van der Waals surface area contributed by atoms with Crippen molar-refractivity contribution in [2.75, 3.05) is 20.6 Å². The molecule has 0 aliphatic heterocycles. The molecule has 0 spiro atoms. The highest BCUT2D eigenvalue weighted by Gasteiger charge is 2.35. The van der Waals surface area contributed by atoms with E-state index in [1.165, 1.54) is 122 Å². The van der Waals surface area contributed by atoms with Crippen molar-refractivity contribution in [2.45, 2.75) is 180 Å². The average Bonchev–Trinajstić information content (AvgIpc) is 3.66. The number of nitrogens with zero attached hydrogens (tertiary/aromatic N) is 1. The molecule has 1 N–H and O–H groups in total. The summed E-state index contributed by atoms with van der Waals surface area (Å²) < 4.78 is 5.94. The molecule has 5 heteroatoms. The maximum absolute atomic E-state index is 12.4. The Hall–Kier alpha value is -1.10. The maximum atomic E-state index is 12.4. The lowest BCUT2D eigenvalue weighted by Crippen LogP contribution is -2.20. The van der Waals surface area contributed by atoms with Crippen molar-refractivity contribution < 1.29 is 19.4 Å². The van der Waals surface area contributed by atoms with Gasteiger partial charge >= 0.3 is 11.9 Å². The third kappa shape index (κ3) is 23.6. The van der Waals surface area contributed by atoms with Crippen molar-refractivity contribution in [1.29, 1.82) is 0 Å². The molecule has 1 saturated carbocycles. The third-order valence-corrected chi connectivity index (χ3v) is 8.80. The van der Waals surface area contributed by atoms with Crippen LogP contribution >= 0.6 is 0 Å². The Morgan fingerprint density at radius 3 is 1.65 bits per heavy atom. The van der Waals surface area contributed by atoms with E-state index in [4.69, 9.17) is 9.84 Å². The predicted octanol–water partition coefficient (Wildman–Crippen LogP) is 9.95. The van der Waals surface area contributed by atoms with E-state index in [2.05, 4.69) is 25.9 Å². The number of aliphatic carboxylic acids is 1.